The lowest BCUT2D eigenvalue weighted by Gasteiger charge is -2.12. The van der Waals surface area contributed by atoms with Gasteiger partial charge in [0.1, 0.15) is 17.6 Å². The molecule has 1 amide bonds. The number of benzene rings is 1. The molecule has 0 radical (unpaired) electrons. The normalized spacial score (nSPS) is 10.8. The van der Waals surface area contributed by atoms with Gasteiger partial charge in [0.2, 0.25) is 5.91 Å². The van der Waals surface area contributed by atoms with Gasteiger partial charge in [0.25, 0.3) is 0 Å². The van der Waals surface area contributed by atoms with Gasteiger partial charge in [0.15, 0.2) is 5.16 Å². The average molecular weight is 466 g/mol. The molecular formula is C23H20ClN5O2S. The smallest absolute Gasteiger partial charge is 0.235 e. The van der Waals surface area contributed by atoms with Crippen LogP contribution in [0.3, 0.4) is 0 Å². The predicted octanol–water partition coefficient (Wildman–Crippen LogP) is 5.19. The van der Waals surface area contributed by atoms with E-state index >= 15 is 0 Å². The van der Waals surface area contributed by atoms with Crippen molar-refractivity contribution in [2.24, 2.45) is 0 Å². The van der Waals surface area contributed by atoms with Crippen LogP contribution in [0.5, 0.6) is 0 Å². The van der Waals surface area contributed by atoms with E-state index in [1.54, 1.807) is 24.6 Å². The minimum absolute atomic E-state index is 0.138. The molecule has 0 bridgehead atoms. The van der Waals surface area contributed by atoms with Crippen LogP contribution in [0.2, 0.25) is 5.02 Å². The molecule has 7 nitrogen and oxygen atoms in total. The van der Waals surface area contributed by atoms with E-state index in [0.717, 1.165) is 22.7 Å². The number of hydrogen-bond acceptors (Lipinski definition) is 5. The van der Waals surface area contributed by atoms with E-state index in [1.807, 2.05) is 53.4 Å². The lowest BCUT2D eigenvalue weighted by atomic mass is 10.2. The molecule has 0 aliphatic carbocycles. The monoisotopic (exact) mass is 465 g/mol. The third-order valence-electron chi connectivity index (χ3n) is 5.14. The van der Waals surface area contributed by atoms with Crippen molar-refractivity contribution in [2.45, 2.75) is 25.5 Å². The van der Waals surface area contributed by atoms with E-state index < -0.39 is 0 Å². The average Bonchev–Trinajstić information content (AvgIpc) is 3.51. The number of imidazole rings is 1. The molecule has 0 aliphatic rings. The van der Waals surface area contributed by atoms with E-state index in [2.05, 4.69) is 16.4 Å². The number of carbonyl (C=O) groups is 1. The van der Waals surface area contributed by atoms with Crippen LogP contribution >= 0.6 is 23.4 Å². The molecule has 3 heterocycles. The number of furan rings is 1. The maximum atomic E-state index is 12.8. The van der Waals surface area contributed by atoms with Gasteiger partial charge in [-0.15, -0.1) is 0 Å². The zero-order valence-electron chi connectivity index (χ0n) is 17.5. The van der Waals surface area contributed by atoms with Crippen molar-refractivity contribution in [3.05, 3.63) is 82.7 Å². The first kappa shape index (κ1) is 21.8. The Balaban J connectivity index is 1.51. The summed E-state index contributed by atoms with van der Waals surface area (Å²) in [5.74, 6) is 1.13. The number of nitrogens with one attached hydrogen (secondary N) is 1. The number of carbonyl (C=O) groups excluding carboxylic acids is 1. The van der Waals surface area contributed by atoms with Crippen LogP contribution in [0.1, 0.15) is 22.6 Å². The van der Waals surface area contributed by atoms with Crippen LogP contribution in [0, 0.1) is 25.2 Å². The number of nitrogens with zero attached hydrogens (tertiary/aromatic N) is 4. The summed E-state index contributed by atoms with van der Waals surface area (Å²) in [5.41, 5.74) is 3.09. The zero-order chi connectivity index (χ0) is 22.7. The van der Waals surface area contributed by atoms with Crippen LogP contribution in [0.4, 0.5) is 5.82 Å². The highest BCUT2D eigenvalue weighted by molar-refractivity contribution is 7.99. The number of aromatic nitrogens is 3. The van der Waals surface area contributed by atoms with Gasteiger partial charge < -0.3 is 14.3 Å². The second-order valence-corrected chi connectivity index (χ2v) is 8.48. The Hall–Kier alpha value is -3.41. The Bertz CT molecular complexity index is 1280. The van der Waals surface area contributed by atoms with Gasteiger partial charge in [-0.3, -0.25) is 9.36 Å². The summed E-state index contributed by atoms with van der Waals surface area (Å²) in [6.45, 7) is 4.22. The first-order valence-corrected chi connectivity index (χ1v) is 11.2. The molecule has 0 unspecified atom stereocenters. The molecule has 0 atom stereocenters. The molecule has 1 aromatic carbocycles. The van der Waals surface area contributed by atoms with Gasteiger partial charge in [-0.1, -0.05) is 23.4 Å². The van der Waals surface area contributed by atoms with Crippen molar-refractivity contribution in [3.8, 4) is 11.8 Å². The van der Waals surface area contributed by atoms with E-state index in [9.17, 15) is 10.1 Å². The minimum atomic E-state index is -0.227. The maximum Gasteiger partial charge on any atom is 0.235 e. The predicted molar refractivity (Wildman–Crippen MR) is 124 cm³/mol. The highest BCUT2D eigenvalue weighted by Crippen LogP contribution is 2.28. The number of thioether (sulfide) groups is 1. The molecule has 32 heavy (non-hydrogen) atoms. The second kappa shape index (κ2) is 9.39. The third-order valence-corrected chi connectivity index (χ3v) is 6.36. The highest BCUT2D eigenvalue weighted by Gasteiger charge is 2.21. The molecular weight excluding hydrogens is 446 g/mol. The van der Waals surface area contributed by atoms with Crippen LogP contribution in [-0.2, 0) is 11.3 Å². The van der Waals surface area contributed by atoms with E-state index in [4.69, 9.17) is 16.0 Å². The molecule has 0 aliphatic heterocycles. The lowest BCUT2D eigenvalue weighted by Crippen LogP contribution is -2.18. The summed E-state index contributed by atoms with van der Waals surface area (Å²) >= 11 is 7.29. The van der Waals surface area contributed by atoms with Gasteiger partial charge >= 0.3 is 0 Å². The van der Waals surface area contributed by atoms with Crippen molar-refractivity contribution < 1.29 is 9.21 Å². The van der Waals surface area contributed by atoms with Gasteiger partial charge in [0.05, 0.1) is 24.1 Å². The van der Waals surface area contributed by atoms with E-state index in [1.165, 1.54) is 11.8 Å². The van der Waals surface area contributed by atoms with E-state index in [0.29, 0.717) is 28.1 Å². The van der Waals surface area contributed by atoms with Crippen LogP contribution in [-0.4, -0.2) is 25.8 Å². The SMILES string of the molecule is Cc1c(C#N)c(NC(=O)CSc2nccn2-c2ccc(Cl)cc2)n(Cc2ccco2)c1C. The molecule has 4 rings (SSSR count). The minimum Gasteiger partial charge on any atom is -0.467 e. The molecule has 9 heteroatoms. The molecule has 0 fully saturated rings. The summed E-state index contributed by atoms with van der Waals surface area (Å²) in [4.78, 5) is 17.2. The summed E-state index contributed by atoms with van der Waals surface area (Å²) in [6.07, 6.45) is 5.12. The third kappa shape index (κ3) is 4.44. The molecule has 0 saturated carbocycles. The van der Waals surface area contributed by atoms with E-state index in [-0.39, 0.29) is 11.7 Å². The first-order chi connectivity index (χ1) is 15.5. The quantitative estimate of drug-likeness (QED) is 0.379. The molecule has 0 spiro atoms. The molecule has 3 aromatic heterocycles. The van der Waals surface area contributed by atoms with Crippen molar-refractivity contribution in [1.29, 1.82) is 5.26 Å². The Morgan fingerprint density at radius 1 is 1.28 bits per heavy atom. The maximum absolute atomic E-state index is 12.8. The second-order valence-electron chi connectivity index (χ2n) is 7.10. The molecule has 4 aromatic rings. The number of nitriles is 1. The zero-order valence-corrected chi connectivity index (χ0v) is 19.1. The van der Waals surface area contributed by atoms with Crippen molar-refractivity contribution in [2.75, 3.05) is 11.1 Å². The van der Waals surface area contributed by atoms with Crippen molar-refractivity contribution >= 4 is 35.1 Å². The number of hydrogen-bond donors (Lipinski definition) is 1. The number of halogens is 1. The Morgan fingerprint density at radius 2 is 2.06 bits per heavy atom. The fourth-order valence-corrected chi connectivity index (χ4v) is 4.28. The van der Waals surface area contributed by atoms with Crippen molar-refractivity contribution in [1.82, 2.24) is 14.1 Å². The standard InChI is InChI=1S/C23H20ClN5O2S/c1-15-16(2)29(13-19-4-3-11-31-19)22(20(15)12-25)27-21(30)14-32-23-26-9-10-28(23)18-7-5-17(24)6-8-18/h3-11H,13-14H2,1-2H3,(H,27,30). The molecule has 162 valence electrons. The van der Waals surface area contributed by atoms with Gasteiger partial charge in [-0.25, -0.2) is 4.98 Å². The summed E-state index contributed by atoms with van der Waals surface area (Å²) in [5, 5.41) is 13.9. The van der Waals surface area contributed by atoms with Crippen LogP contribution in [0.15, 0.2) is 64.6 Å². The highest BCUT2D eigenvalue weighted by atomic mass is 35.5. The van der Waals surface area contributed by atoms with Crippen LogP contribution in [0.25, 0.3) is 5.69 Å². The number of amides is 1. The summed E-state index contributed by atoms with van der Waals surface area (Å²) < 4.78 is 9.24. The summed E-state index contributed by atoms with van der Waals surface area (Å²) in [6, 6.07) is 13.3. The number of rotatable bonds is 7. The summed E-state index contributed by atoms with van der Waals surface area (Å²) in [7, 11) is 0. The van der Waals surface area contributed by atoms with Crippen LogP contribution < -0.4 is 5.32 Å². The molecule has 0 saturated heterocycles. The lowest BCUT2D eigenvalue weighted by molar-refractivity contribution is -0.113. The first-order valence-electron chi connectivity index (χ1n) is 9.82. The fraction of sp³-hybridized carbons (Fsp3) is 0.174. The largest absolute Gasteiger partial charge is 0.467 e. The molecule has 1 N–H and O–H groups in total. The van der Waals surface area contributed by atoms with Crippen molar-refractivity contribution in [3.63, 3.8) is 0 Å². The fourth-order valence-electron chi connectivity index (χ4n) is 3.38. The van der Waals surface area contributed by atoms with Gasteiger partial charge in [0, 0.05) is 28.8 Å². The Morgan fingerprint density at radius 3 is 2.75 bits per heavy atom. The number of anilines is 1. The van der Waals surface area contributed by atoms with Gasteiger partial charge in [-0.2, -0.15) is 5.26 Å². The Kier molecular flexibility index (Phi) is 6.40. The topological polar surface area (TPSA) is 88.8 Å². The van der Waals surface area contributed by atoms with Gasteiger partial charge in [-0.05, 0) is 55.8 Å². The Labute approximate surface area is 194 Å².